The molecule has 0 radical (unpaired) electrons. The molecule has 1 saturated heterocycles. The number of rotatable bonds is 6. The third kappa shape index (κ3) is 4.15. The molecule has 19 heavy (non-hydrogen) atoms. The van der Waals surface area contributed by atoms with Gasteiger partial charge in [-0.05, 0) is 32.1 Å². The Balaban J connectivity index is 2.63. The predicted octanol–water partition coefficient (Wildman–Crippen LogP) is 1.05. The molecule has 1 aliphatic rings. The maximum Gasteiger partial charge on any atom is 0.310 e. The zero-order valence-electron chi connectivity index (χ0n) is 11.8. The number of nitrogens with one attached hydrogen (secondary N) is 1. The fourth-order valence-electron chi connectivity index (χ4n) is 1.92. The second-order valence-corrected chi connectivity index (χ2v) is 7.38. The second-order valence-electron chi connectivity index (χ2n) is 5.63. The Hall–Kier alpha value is -0.660. The molecule has 6 nitrogen and oxygen atoms in total. The van der Waals surface area contributed by atoms with Crippen molar-refractivity contribution in [3.63, 3.8) is 0 Å². The SMILES string of the molecule is CCC(C)(CNS(=O)(=O)N1CCC(C)CC1)C(=O)O. The number of aliphatic carboxylic acids is 1. The molecular formula is C12H24N2O4S. The lowest BCUT2D eigenvalue weighted by Gasteiger charge is -2.31. The van der Waals surface area contributed by atoms with Crippen LogP contribution in [0, 0.1) is 11.3 Å². The van der Waals surface area contributed by atoms with E-state index in [-0.39, 0.29) is 6.54 Å². The van der Waals surface area contributed by atoms with E-state index in [2.05, 4.69) is 11.6 Å². The number of carboxylic acids is 1. The van der Waals surface area contributed by atoms with E-state index in [0.717, 1.165) is 12.8 Å². The molecule has 0 bridgehead atoms. The highest BCUT2D eigenvalue weighted by Gasteiger charge is 2.34. The maximum atomic E-state index is 12.1. The Morgan fingerprint density at radius 2 is 1.95 bits per heavy atom. The Morgan fingerprint density at radius 1 is 1.42 bits per heavy atom. The zero-order valence-corrected chi connectivity index (χ0v) is 12.7. The third-order valence-corrected chi connectivity index (χ3v) is 5.58. The van der Waals surface area contributed by atoms with Gasteiger partial charge in [-0.25, -0.2) is 4.72 Å². The molecule has 0 aromatic carbocycles. The van der Waals surface area contributed by atoms with Gasteiger partial charge >= 0.3 is 5.97 Å². The van der Waals surface area contributed by atoms with Crippen molar-refractivity contribution in [2.24, 2.45) is 11.3 Å². The summed E-state index contributed by atoms with van der Waals surface area (Å²) in [7, 11) is -3.56. The van der Waals surface area contributed by atoms with Crippen LogP contribution >= 0.6 is 0 Å². The van der Waals surface area contributed by atoms with Gasteiger partial charge in [-0.3, -0.25) is 4.79 Å². The summed E-state index contributed by atoms with van der Waals surface area (Å²) in [5.41, 5.74) is -1.06. The standard InChI is InChI=1S/C12H24N2O4S/c1-4-12(3,11(15)16)9-13-19(17,18)14-7-5-10(2)6-8-14/h10,13H,4-9H2,1-3H3,(H,15,16). The van der Waals surface area contributed by atoms with Crippen molar-refractivity contribution in [1.29, 1.82) is 0 Å². The van der Waals surface area contributed by atoms with Gasteiger partial charge < -0.3 is 5.11 Å². The van der Waals surface area contributed by atoms with E-state index < -0.39 is 21.6 Å². The molecule has 0 aromatic rings. The number of piperidine rings is 1. The first kappa shape index (κ1) is 16.4. The van der Waals surface area contributed by atoms with Gasteiger partial charge in [0.1, 0.15) is 0 Å². The highest BCUT2D eigenvalue weighted by Crippen LogP contribution is 2.22. The van der Waals surface area contributed by atoms with E-state index in [9.17, 15) is 13.2 Å². The Labute approximate surface area is 115 Å². The summed E-state index contributed by atoms with van der Waals surface area (Å²) in [5.74, 6) is -0.434. The molecule has 0 aliphatic carbocycles. The van der Waals surface area contributed by atoms with Gasteiger partial charge in [0.15, 0.2) is 0 Å². The molecule has 1 aliphatic heterocycles. The number of hydrogen-bond acceptors (Lipinski definition) is 3. The first-order chi connectivity index (χ1) is 8.71. The van der Waals surface area contributed by atoms with E-state index in [1.165, 1.54) is 4.31 Å². The molecule has 1 unspecified atom stereocenters. The zero-order chi connectivity index (χ0) is 14.7. The largest absolute Gasteiger partial charge is 0.481 e. The number of nitrogens with zero attached hydrogens (tertiary/aromatic N) is 1. The summed E-state index contributed by atoms with van der Waals surface area (Å²) >= 11 is 0. The van der Waals surface area contributed by atoms with Crippen molar-refractivity contribution >= 4 is 16.2 Å². The molecule has 112 valence electrons. The first-order valence-electron chi connectivity index (χ1n) is 6.69. The summed E-state index contributed by atoms with van der Waals surface area (Å²) in [6.07, 6.45) is 2.08. The van der Waals surface area contributed by atoms with Gasteiger partial charge in [0, 0.05) is 19.6 Å². The van der Waals surface area contributed by atoms with Crippen LogP contribution in [0.25, 0.3) is 0 Å². The Bertz CT molecular complexity index is 415. The fourth-order valence-corrected chi connectivity index (χ4v) is 3.29. The van der Waals surface area contributed by atoms with Crippen molar-refractivity contribution in [3.05, 3.63) is 0 Å². The van der Waals surface area contributed by atoms with Crippen LogP contribution < -0.4 is 4.72 Å². The average Bonchev–Trinajstić information content (AvgIpc) is 2.36. The van der Waals surface area contributed by atoms with E-state index in [1.807, 2.05) is 0 Å². The average molecular weight is 292 g/mol. The van der Waals surface area contributed by atoms with E-state index in [0.29, 0.717) is 25.4 Å². The highest BCUT2D eigenvalue weighted by molar-refractivity contribution is 7.87. The molecule has 0 saturated carbocycles. The second kappa shape index (κ2) is 6.19. The summed E-state index contributed by atoms with van der Waals surface area (Å²) < 4.78 is 28.0. The number of carbonyl (C=O) groups is 1. The quantitative estimate of drug-likeness (QED) is 0.766. The van der Waals surface area contributed by atoms with E-state index in [1.54, 1.807) is 13.8 Å². The van der Waals surface area contributed by atoms with Crippen LogP contribution in [0.5, 0.6) is 0 Å². The van der Waals surface area contributed by atoms with Crippen LogP contribution in [0.3, 0.4) is 0 Å². The third-order valence-electron chi connectivity index (χ3n) is 4.02. The smallest absolute Gasteiger partial charge is 0.310 e. The number of carboxylic acid groups (broad SMARTS) is 1. The molecule has 2 N–H and O–H groups in total. The van der Waals surface area contributed by atoms with Crippen molar-refractivity contribution in [1.82, 2.24) is 9.03 Å². The minimum absolute atomic E-state index is 0.0762. The van der Waals surface area contributed by atoms with Crippen molar-refractivity contribution in [3.8, 4) is 0 Å². The van der Waals surface area contributed by atoms with Crippen LogP contribution in [-0.4, -0.2) is 43.4 Å². The lowest BCUT2D eigenvalue weighted by molar-refractivity contribution is -0.147. The van der Waals surface area contributed by atoms with E-state index >= 15 is 0 Å². The van der Waals surface area contributed by atoms with Crippen LogP contribution in [0.1, 0.15) is 40.0 Å². The molecule has 0 amide bonds. The summed E-state index contributed by atoms with van der Waals surface area (Å²) in [6, 6.07) is 0. The molecule has 0 aromatic heterocycles. The molecule has 1 rings (SSSR count). The Kier molecular flexibility index (Phi) is 5.34. The summed E-state index contributed by atoms with van der Waals surface area (Å²) in [4.78, 5) is 11.1. The van der Waals surface area contributed by atoms with Gasteiger partial charge in [0.05, 0.1) is 5.41 Å². The van der Waals surface area contributed by atoms with Gasteiger partial charge in [0.2, 0.25) is 0 Å². The van der Waals surface area contributed by atoms with Gasteiger partial charge in [-0.15, -0.1) is 0 Å². The summed E-state index contributed by atoms with van der Waals surface area (Å²) in [6.45, 7) is 6.34. The van der Waals surface area contributed by atoms with Gasteiger partial charge in [0.25, 0.3) is 10.2 Å². The first-order valence-corrected chi connectivity index (χ1v) is 8.13. The minimum atomic E-state index is -3.56. The predicted molar refractivity (Wildman–Crippen MR) is 72.9 cm³/mol. The Morgan fingerprint density at radius 3 is 2.37 bits per heavy atom. The van der Waals surface area contributed by atoms with Crippen molar-refractivity contribution in [2.75, 3.05) is 19.6 Å². The lowest BCUT2D eigenvalue weighted by Crippen LogP contribution is -2.48. The highest BCUT2D eigenvalue weighted by atomic mass is 32.2. The molecule has 0 spiro atoms. The molecule has 7 heteroatoms. The minimum Gasteiger partial charge on any atom is -0.481 e. The number of hydrogen-bond donors (Lipinski definition) is 2. The van der Waals surface area contributed by atoms with Crippen LogP contribution in [0.15, 0.2) is 0 Å². The maximum absolute atomic E-state index is 12.1. The van der Waals surface area contributed by atoms with Crippen LogP contribution in [0.2, 0.25) is 0 Å². The molecule has 1 heterocycles. The lowest BCUT2D eigenvalue weighted by atomic mass is 9.88. The van der Waals surface area contributed by atoms with Crippen molar-refractivity contribution < 1.29 is 18.3 Å². The summed E-state index contributed by atoms with van der Waals surface area (Å²) in [5, 5.41) is 9.13. The van der Waals surface area contributed by atoms with Gasteiger partial charge in [-0.1, -0.05) is 13.8 Å². The van der Waals surface area contributed by atoms with Crippen LogP contribution in [-0.2, 0) is 15.0 Å². The molecule has 1 atom stereocenters. The monoisotopic (exact) mass is 292 g/mol. The molecule has 1 fully saturated rings. The van der Waals surface area contributed by atoms with Gasteiger partial charge in [-0.2, -0.15) is 12.7 Å². The van der Waals surface area contributed by atoms with E-state index in [4.69, 9.17) is 5.11 Å². The fraction of sp³-hybridized carbons (Fsp3) is 0.917. The normalized spacial score (nSPS) is 22.1. The molecular weight excluding hydrogens is 268 g/mol. The topological polar surface area (TPSA) is 86.7 Å². The van der Waals surface area contributed by atoms with Crippen molar-refractivity contribution in [2.45, 2.75) is 40.0 Å². The van der Waals surface area contributed by atoms with Crippen LogP contribution in [0.4, 0.5) is 0 Å².